The van der Waals surface area contributed by atoms with Crippen LogP contribution in [0, 0.1) is 11.8 Å². The molecule has 1 unspecified atom stereocenters. The van der Waals surface area contributed by atoms with Gasteiger partial charge in [-0.1, -0.05) is 18.8 Å². The van der Waals surface area contributed by atoms with Crippen molar-refractivity contribution in [3.05, 3.63) is 29.3 Å². The second-order valence-electron chi connectivity index (χ2n) is 5.32. The quantitative estimate of drug-likeness (QED) is 0.837. The number of aryl methyl sites for hydroxylation is 1. The van der Waals surface area contributed by atoms with E-state index in [2.05, 4.69) is 17.2 Å². The number of amides is 1. The molecule has 1 aliphatic rings. The Labute approximate surface area is 125 Å². The highest BCUT2D eigenvalue weighted by Gasteiger charge is 2.37. The smallest absolute Gasteiger partial charge is 0.256 e. The highest BCUT2D eigenvalue weighted by atomic mass is 16.5. The van der Waals surface area contributed by atoms with E-state index in [4.69, 9.17) is 9.84 Å². The van der Waals surface area contributed by atoms with Crippen LogP contribution in [-0.4, -0.2) is 29.8 Å². The minimum atomic E-state index is -0.722. The van der Waals surface area contributed by atoms with Gasteiger partial charge in [-0.15, -0.1) is 0 Å². The standard InChI is InChI=1S/C17H21NO3/c1-3-14-12-13(6-4-10-19)7-8-15(14)18-16(20)17(2)9-5-11-21-17/h7-8,12,19H,3,5,9-11H2,1-2H3,(H,18,20). The largest absolute Gasteiger partial charge is 0.384 e. The monoisotopic (exact) mass is 287 g/mol. The molecule has 0 spiro atoms. The fourth-order valence-corrected chi connectivity index (χ4v) is 2.44. The van der Waals surface area contributed by atoms with Crippen LogP contribution in [-0.2, 0) is 16.0 Å². The number of nitrogens with one attached hydrogen (secondary N) is 1. The van der Waals surface area contributed by atoms with Gasteiger partial charge in [-0.3, -0.25) is 4.79 Å². The molecule has 1 saturated heterocycles. The summed E-state index contributed by atoms with van der Waals surface area (Å²) in [6.07, 6.45) is 2.46. The zero-order valence-electron chi connectivity index (χ0n) is 12.5. The summed E-state index contributed by atoms with van der Waals surface area (Å²) in [6.45, 7) is 4.35. The maximum absolute atomic E-state index is 12.4. The topological polar surface area (TPSA) is 58.6 Å². The summed E-state index contributed by atoms with van der Waals surface area (Å²) in [7, 11) is 0. The van der Waals surface area contributed by atoms with Gasteiger partial charge in [0.25, 0.3) is 5.91 Å². The third kappa shape index (κ3) is 3.63. The minimum absolute atomic E-state index is 0.0936. The number of hydrogen-bond acceptors (Lipinski definition) is 3. The summed E-state index contributed by atoms with van der Waals surface area (Å²) in [5, 5.41) is 11.7. The maximum atomic E-state index is 12.4. The van der Waals surface area contributed by atoms with Gasteiger partial charge in [0.05, 0.1) is 0 Å². The summed E-state index contributed by atoms with van der Waals surface area (Å²) in [5.74, 6) is 5.41. The molecular formula is C17H21NO3. The van der Waals surface area contributed by atoms with Crippen LogP contribution in [0.25, 0.3) is 0 Å². The van der Waals surface area contributed by atoms with Gasteiger partial charge >= 0.3 is 0 Å². The molecule has 21 heavy (non-hydrogen) atoms. The van der Waals surface area contributed by atoms with Crippen LogP contribution in [0.4, 0.5) is 5.69 Å². The lowest BCUT2D eigenvalue weighted by atomic mass is 10.0. The summed E-state index contributed by atoms with van der Waals surface area (Å²) in [6, 6.07) is 5.64. The summed E-state index contributed by atoms with van der Waals surface area (Å²) < 4.78 is 5.56. The molecule has 1 atom stereocenters. The van der Waals surface area contributed by atoms with Crippen molar-refractivity contribution in [1.82, 2.24) is 0 Å². The molecular weight excluding hydrogens is 266 g/mol. The Morgan fingerprint density at radius 2 is 2.33 bits per heavy atom. The highest BCUT2D eigenvalue weighted by molar-refractivity contribution is 5.97. The first kappa shape index (κ1) is 15.6. The highest BCUT2D eigenvalue weighted by Crippen LogP contribution is 2.27. The third-order valence-electron chi connectivity index (χ3n) is 3.75. The van der Waals surface area contributed by atoms with Crippen LogP contribution in [0.1, 0.15) is 37.8 Å². The Kier molecular flexibility index (Phi) is 5.00. The van der Waals surface area contributed by atoms with Crippen LogP contribution in [0.2, 0.25) is 0 Å². The molecule has 2 N–H and O–H groups in total. The van der Waals surface area contributed by atoms with Gasteiger partial charge < -0.3 is 15.2 Å². The molecule has 0 aliphatic carbocycles. The molecule has 112 valence electrons. The summed E-state index contributed by atoms with van der Waals surface area (Å²) >= 11 is 0. The van der Waals surface area contributed by atoms with Crippen LogP contribution in [0.3, 0.4) is 0 Å². The van der Waals surface area contributed by atoms with Gasteiger partial charge in [-0.05, 0) is 49.9 Å². The Morgan fingerprint density at radius 3 is 2.95 bits per heavy atom. The van der Waals surface area contributed by atoms with E-state index in [9.17, 15) is 4.79 Å². The average molecular weight is 287 g/mol. The number of aliphatic hydroxyl groups is 1. The molecule has 0 radical (unpaired) electrons. The van der Waals surface area contributed by atoms with Crippen molar-refractivity contribution in [3.8, 4) is 11.8 Å². The molecule has 4 nitrogen and oxygen atoms in total. The van der Waals surface area contributed by atoms with Gasteiger partial charge in [0.2, 0.25) is 0 Å². The molecule has 1 aliphatic heterocycles. The SMILES string of the molecule is CCc1cc(C#CCO)ccc1NC(=O)C1(C)CCCO1. The van der Waals surface area contributed by atoms with E-state index in [1.54, 1.807) is 0 Å². The first-order chi connectivity index (χ1) is 10.1. The van der Waals surface area contributed by atoms with E-state index >= 15 is 0 Å². The molecule has 1 aromatic carbocycles. The van der Waals surface area contributed by atoms with E-state index in [0.29, 0.717) is 6.61 Å². The van der Waals surface area contributed by atoms with Crippen LogP contribution in [0.15, 0.2) is 18.2 Å². The molecule has 0 aromatic heterocycles. The lowest BCUT2D eigenvalue weighted by Gasteiger charge is -2.22. The van der Waals surface area contributed by atoms with Gasteiger partial charge in [0, 0.05) is 17.9 Å². The zero-order chi connectivity index (χ0) is 15.3. The van der Waals surface area contributed by atoms with E-state index in [0.717, 1.165) is 36.1 Å². The molecule has 1 heterocycles. The van der Waals surface area contributed by atoms with E-state index in [1.807, 2.05) is 32.0 Å². The second kappa shape index (κ2) is 6.75. The van der Waals surface area contributed by atoms with E-state index in [1.165, 1.54) is 0 Å². The number of ether oxygens (including phenoxy) is 1. The number of hydrogen-bond donors (Lipinski definition) is 2. The van der Waals surface area contributed by atoms with Gasteiger partial charge in [-0.2, -0.15) is 0 Å². The second-order valence-corrected chi connectivity index (χ2v) is 5.32. The zero-order valence-corrected chi connectivity index (χ0v) is 12.5. The molecule has 1 amide bonds. The molecule has 2 rings (SSSR count). The lowest BCUT2D eigenvalue weighted by molar-refractivity contribution is -0.133. The third-order valence-corrected chi connectivity index (χ3v) is 3.75. The molecule has 4 heteroatoms. The number of carbonyl (C=O) groups is 1. The molecule has 1 aromatic rings. The van der Waals surface area contributed by atoms with Crippen LogP contribution < -0.4 is 5.32 Å². The maximum Gasteiger partial charge on any atom is 0.256 e. The predicted octanol–water partition coefficient (Wildman–Crippen LogP) is 2.10. The van der Waals surface area contributed by atoms with Crippen molar-refractivity contribution in [1.29, 1.82) is 0 Å². The van der Waals surface area contributed by atoms with Gasteiger partial charge in [-0.25, -0.2) is 0 Å². The van der Waals surface area contributed by atoms with E-state index in [-0.39, 0.29) is 12.5 Å². The number of rotatable bonds is 3. The first-order valence-corrected chi connectivity index (χ1v) is 7.27. The van der Waals surface area contributed by atoms with Crippen molar-refractivity contribution in [2.75, 3.05) is 18.5 Å². The Balaban J connectivity index is 2.18. The normalized spacial score (nSPS) is 20.7. The lowest BCUT2D eigenvalue weighted by Crippen LogP contribution is -2.39. The fraction of sp³-hybridized carbons (Fsp3) is 0.471. The van der Waals surface area contributed by atoms with Crippen molar-refractivity contribution in [3.63, 3.8) is 0 Å². The number of aliphatic hydroxyl groups excluding tert-OH is 1. The van der Waals surface area contributed by atoms with Gasteiger partial charge in [0.1, 0.15) is 12.2 Å². The molecule has 0 saturated carbocycles. The number of benzene rings is 1. The molecule has 0 bridgehead atoms. The average Bonchev–Trinajstić information content (AvgIpc) is 2.94. The Bertz CT molecular complexity index is 577. The van der Waals surface area contributed by atoms with Crippen molar-refractivity contribution in [2.24, 2.45) is 0 Å². The fourth-order valence-electron chi connectivity index (χ4n) is 2.44. The van der Waals surface area contributed by atoms with Crippen molar-refractivity contribution in [2.45, 2.75) is 38.7 Å². The van der Waals surface area contributed by atoms with E-state index < -0.39 is 5.60 Å². The Hall–Kier alpha value is -1.83. The van der Waals surface area contributed by atoms with Crippen molar-refractivity contribution >= 4 is 11.6 Å². The summed E-state index contributed by atoms with van der Waals surface area (Å²) in [4.78, 5) is 12.4. The minimum Gasteiger partial charge on any atom is -0.384 e. The van der Waals surface area contributed by atoms with Crippen LogP contribution >= 0.6 is 0 Å². The van der Waals surface area contributed by atoms with Crippen LogP contribution in [0.5, 0.6) is 0 Å². The number of carbonyl (C=O) groups excluding carboxylic acids is 1. The van der Waals surface area contributed by atoms with Gasteiger partial charge in [0.15, 0.2) is 0 Å². The Morgan fingerprint density at radius 1 is 1.52 bits per heavy atom. The van der Waals surface area contributed by atoms with Crippen molar-refractivity contribution < 1.29 is 14.6 Å². The molecule has 1 fully saturated rings. The first-order valence-electron chi connectivity index (χ1n) is 7.27. The number of anilines is 1. The predicted molar refractivity (Wildman–Crippen MR) is 82.0 cm³/mol. The summed E-state index contributed by atoms with van der Waals surface area (Å²) in [5.41, 5.74) is 1.94.